The Morgan fingerprint density at radius 3 is 2.76 bits per heavy atom. The number of carbonyl (C=O) groups excluding carboxylic acids is 1. The topological polar surface area (TPSA) is 73.3 Å². The van der Waals surface area contributed by atoms with Gasteiger partial charge in [-0.1, -0.05) is 12.1 Å². The molecule has 0 unspecified atom stereocenters. The quantitative estimate of drug-likeness (QED) is 0.652. The Balaban J connectivity index is 1.74. The van der Waals surface area contributed by atoms with Gasteiger partial charge in [0, 0.05) is 11.9 Å². The molecule has 0 radical (unpaired) electrons. The third-order valence-electron chi connectivity index (χ3n) is 3.73. The number of nitrogens with one attached hydrogen (secondary N) is 1. The standard InChI is InChI=1S/C18H19N3O3S/c1-3-24-18(22)14-10-25-17-15(14)16(20-11-21-17)19-9-8-12-4-6-13(23-2)7-5-12/h4-7,10-11H,3,8-9H2,1-2H3,(H,19,20,21). The van der Waals surface area contributed by atoms with Crippen LogP contribution in [0.15, 0.2) is 36.0 Å². The zero-order valence-corrected chi connectivity index (χ0v) is 14.9. The number of esters is 1. The first-order valence-corrected chi connectivity index (χ1v) is 8.87. The molecule has 0 saturated heterocycles. The number of methoxy groups -OCH3 is 1. The fraction of sp³-hybridized carbons (Fsp3) is 0.278. The lowest BCUT2D eigenvalue weighted by Gasteiger charge is -2.08. The molecule has 7 heteroatoms. The van der Waals surface area contributed by atoms with Gasteiger partial charge in [-0.2, -0.15) is 0 Å². The molecule has 3 aromatic rings. The van der Waals surface area contributed by atoms with E-state index in [4.69, 9.17) is 9.47 Å². The van der Waals surface area contributed by atoms with Gasteiger partial charge >= 0.3 is 5.97 Å². The first-order chi connectivity index (χ1) is 12.2. The van der Waals surface area contributed by atoms with Crippen LogP contribution in [0.25, 0.3) is 10.2 Å². The van der Waals surface area contributed by atoms with Crippen molar-refractivity contribution in [1.29, 1.82) is 0 Å². The van der Waals surface area contributed by atoms with E-state index in [0.29, 0.717) is 24.5 Å². The SMILES string of the molecule is CCOC(=O)c1csc2ncnc(NCCc3ccc(OC)cc3)c12. The summed E-state index contributed by atoms with van der Waals surface area (Å²) in [6, 6.07) is 7.95. The van der Waals surface area contributed by atoms with Gasteiger partial charge in [0.2, 0.25) is 0 Å². The lowest BCUT2D eigenvalue weighted by Crippen LogP contribution is -2.09. The fourth-order valence-electron chi connectivity index (χ4n) is 2.49. The molecule has 25 heavy (non-hydrogen) atoms. The monoisotopic (exact) mass is 357 g/mol. The summed E-state index contributed by atoms with van der Waals surface area (Å²) in [7, 11) is 1.65. The zero-order valence-electron chi connectivity index (χ0n) is 14.1. The predicted molar refractivity (Wildman–Crippen MR) is 98.6 cm³/mol. The summed E-state index contributed by atoms with van der Waals surface area (Å²) in [6.07, 6.45) is 2.33. The molecular formula is C18H19N3O3S. The summed E-state index contributed by atoms with van der Waals surface area (Å²) in [5.41, 5.74) is 1.70. The van der Waals surface area contributed by atoms with Crippen LogP contribution in [0.5, 0.6) is 5.75 Å². The minimum absolute atomic E-state index is 0.337. The number of carbonyl (C=O) groups is 1. The van der Waals surface area contributed by atoms with Crippen molar-refractivity contribution >= 4 is 33.3 Å². The van der Waals surface area contributed by atoms with Crippen molar-refractivity contribution in [2.75, 3.05) is 25.6 Å². The van der Waals surface area contributed by atoms with E-state index in [1.165, 1.54) is 23.2 Å². The average molecular weight is 357 g/mol. The number of rotatable bonds is 7. The van der Waals surface area contributed by atoms with Gasteiger partial charge in [0.05, 0.1) is 24.7 Å². The van der Waals surface area contributed by atoms with Crippen LogP contribution in [0.1, 0.15) is 22.8 Å². The summed E-state index contributed by atoms with van der Waals surface area (Å²) >= 11 is 1.41. The predicted octanol–water partition coefficient (Wildman–Crippen LogP) is 3.53. The maximum atomic E-state index is 12.1. The summed E-state index contributed by atoms with van der Waals surface area (Å²) in [5.74, 6) is 1.15. The number of fused-ring (bicyclic) bond motifs is 1. The van der Waals surface area contributed by atoms with Crippen LogP contribution in [0.2, 0.25) is 0 Å². The molecule has 2 heterocycles. The average Bonchev–Trinajstić information content (AvgIpc) is 3.08. The molecule has 0 aliphatic heterocycles. The van der Waals surface area contributed by atoms with Gasteiger partial charge in [-0.3, -0.25) is 0 Å². The molecule has 3 rings (SSSR count). The Bertz CT molecular complexity index is 862. The molecule has 1 aromatic carbocycles. The Hall–Kier alpha value is -2.67. The van der Waals surface area contributed by atoms with Crippen molar-refractivity contribution in [3.8, 4) is 5.75 Å². The zero-order chi connectivity index (χ0) is 17.6. The summed E-state index contributed by atoms with van der Waals surface area (Å²) < 4.78 is 10.3. The second-order valence-electron chi connectivity index (χ2n) is 5.30. The number of anilines is 1. The smallest absolute Gasteiger partial charge is 0.339 e. The van der Waals surface area contributed by atoms with E-state index in [1.54, 1.807) is 19.4 Å². The van der Waals surface area contributed by atoms with Crippen LogP contribution < -0.4 is 10.1 Å². The highest BCUT2D eigenvalue weighted by molar-refractivity contribution is 7.17. The second-order valence-corrected chi connectivity index (χ2v) is 6.16. The molecule has 0 spiro atoms. The van der Waals surface area contributed by atoms with E-state index < -0.39 is 0 Å². The lowest BCUT2D eigenvalue weighted by atomic mass is 10.1. The third-order valence-corrected chi connectivity index (χ3v) is 4.62. The summed E-state index contributed by atoms with van der Waals surface area (Å²) in [5, 5.41) is 5.80. The van der Waals surface area contributed by atoms with Crippen molar-refractivity contribution in [2.24, 2.45) is 0 Å². The first-order valence-electron chi connectivity index (χ1n) is 7.99. The van der Waals surface area contributed by atoms with Crippen molar-refractivity contribution < 1.29 is 14.3 Å². The Labute approximate surface area is 149 Å². The number of ether oxygens (including phenoxy) is 2. The number of thiophene rings is 1. The maximum Gasteiger partial charge on any atom is 0.339 e. The van der Waals surface area contributed by atoms with Crippen molar-refractivity contribution in [3.63, 3.8) is 0 Å². The Morgan fingerprint density at radius 2 is 2.04 bits per heavy atom. The largest absolute Gasteiger partial charge is 0.497 e. The van der Waals surface area contributed by atoms with E-state index in [9.17, 15) is 4.79 Å². The van der Waals surface area contributed by atoms with Crippen LogP contribution in [-0.4, -0.2) is 36.2 Å². The molecular weight excluding hydrogens is 338 g/mol. The molecule has 0 bridgehead atoms. The van der Waals surface area contributed by atoms with Crippen LogP contribution in [0, 0.1) is 0 Å². The number of nitrogens with zero attached hydrogens (tertiary/aromatic N) is 2. The molecule has 0 atom stereocenters. The van der Waals surface area contributed by atoms with Crippen LogP contribution >= 0.6 is 11.3 Å². The Kier molecular flexibility index (Phi) is 5.45. The highest BCUT2D eigenvalue weighted by Crippen LogP contribution is 2.29. The van der Waals surface area contributed by atoms with E-state index >= 15 is 0 Å². The molecule has 2 aromatic heterocycles. The van der Waals surface area contributed by atoms with Gasteiger partial charge in [-0.25, -0.2) is 14.8 Å². The molecule has 0 aliphatic carbocycles. The summed E-state index contributed by atoms with van der Waals surface area (Å²) in [4.78, 5) is 21.4. The molecule has 0 aliphatic rings. The summed E-state index contributed by atoms with van der Waals surface area (Å²) in [6.45, 7) is 2.82. The van der Waals surface area contributed by atoms with Gasteiger partial charge in [-0.05, 0) is 31.0 Å². The molecule has 6 nitrogen and oxygen atoms in total. The van der Waals surface area contributed by atoms with Crippen molar-refractivity contribution in [1.82, 2.24) is 9.97 Å². The minimum atomic E-state index is -0.346. The normalized spacial score (nSPS) is 10.6. The van der Waals surface area contributed by atoms with Crippen LogP contribution in [0.4, 0.5) is 5.82 Å². The molecule has 0 saturated carbocycles. The van der Waals surface area contributed by atoms with Crippen LogP contribution in [0.3, 0.4) is 0 Å². The Morgan fingerprint density at radius 1 is 1.24 bits per heavy atom. The second kappa shape index (κ2) is 7.94. The van der Waals surface area contributed by atoms with Gasteiger partial charge in [0.25, 0.3) is 0 Å². The fourth-order valence-corrected chi connectivity index (χ4v) is 3.36. The third kappa shape index (κ3) is 3.88. The first kappa shape index (κ1) is 17.2. The van der Waals surface area contributed by atoms with Gasteiger partial charge in [-0.15, -0.1) is 11.3 Å². The van der Waals surface area contributed by atoms with E-state index in [1.807, 2.05) is 24.3 Å². The minimum Gasteiger partial charge on any atom is -0.497 e. The van der Waals surface area contributed by atoms with Gasteiger partial charge < -0.3 is 14.8 Å². The molecule has 130 valence electrons. The van der Waals surface area contributed by atoms with Crippen molar-refractivity contribution in [3.05, 3.63) is 47.1 Å². The maximum absolute atomic E-state index is 12.1. The van der Waals surface area contributed by atoms with Crippen LogP contribution in [-0.2, 0) is 11.2 Å². The number of aromatic nitrogens is 2. The highest BCUT2D eigenvalue weighted by Gasteiger charge is 2.17. The number of benzene rings is 1. The molecule has 0 fully saturated rings. The molecule has 0 amide bonds. The van der Waals surface area contributed by atoms with Gasteiger partial charge in [0.15, 0.2) is 0 Å². The van der Waals surface area contributed by atoms with E-state index in [0.717, 1.165) is 22.4 Å². The van der Waals surface area contributed by atoms with E-state index in [2.05, 4.69) is 15.3 Å². The van der Waals surface area contributed by atoms with E-state index in [-0.39, 0.29) is 5.97 Å². The van der Waals surface area contributed by atoms with Gasteiger partial charge in [0.1, 0.15) is 22.7 Å². The number of hydrogen-bond donors (Lipinski definition) is 1. The van der Waals surface area contributed by atoms with Crippen molar-refractivity contribution in [2.45, 2.75) is 13.3 Å². The highest BCUT2D eigenvalue weighted by atomic mass is 32.1. The molecule has 1 N–H and O–H groups in total. The lowest BCUT2D eigenvalue weighted by molar-refractivity contribution is 0.0529. The number of hydrogen-bond acceptors (Lipinski definition) is 7.